The van der Waals surface area contributed by atoms with Gasteiger partial charge in [-0.05, 0) is 24.1 Å². The van der Waals surface area contributed by atoms with Crippen LogP contribution in [0.2, 0.25) is 0 Å². The van der Waals surface area contributed by atoms with Crippen molar-refractivity contribution >= 4 is 30.1 Å². The molecule has 1 aromatic rings. The van der Waals surface area contributed by atoms with Crippen molar-refractivity contribution in [3.63, 3.8) is 0 Å². The van der Waals surface area contributed by atoms with Gasteiger partial charge in [-0.25, -0.2) is 0 Å². The lowest BCUT2D eigenvalue weighted by atomic mass is 10.1. The lowest BCUT2D eigenvalue weighted by molar-refractivity contribution is 1.13. The van der Waals surface area contributed by atoms with E-state index in [0.717, 1.165) is 17.0 Å². The van der Waals surface area contributed by atoms with Crippen molar-refractivity contribution in [2.75, 3.05) is 4.84 Å². The van der Waals surface area contributed by atoms with Crippen molar-refractivity contribution < 1.29 is 0 Å². The number of halogens is 1. The van der Waals surface area contributed by atoms with Crippen LogP contribution in [-0.4, -0.2) is 0 Å². The molecule has 0 aliphatic heterocycles. The fourth-order valence-corrected chi connectivity index (χ4v) is 1.40. The van der Waals surface area contributed by atoms with E-state index in [1.54, 1.807) is 0 Å². The summed E-state index contributed by atoms with van der Waals surface area (Å²) in [6.45, 7) is 2.11. The highest BCUT2D eigenvalue weighted by atomic mass is 35.5. The van der Waals surface area contributed by atoms with Gasteiger partial charge in [-0.3, -0.25) is 4.84 Å². The van der Waals surface area contributed by atoms with E-state index in [2.05, 4.69) is 24.4 Å². The Morgan fingerprint density at radius 2 is 2.27 bits per heavy atom. The fourth-order valence-electron chi connectivity index (χ4n) is 0.877. The summed E-state index contributed by atoms with van der Waals surface area (Å²) in [5, 5.41) is 0. The van der Waals surface area contributed by atoms with Crippen molar-refractivity contribution in [3.05, 3.63) is 23.8 Å². The highest BCUT2D eigenvalue weighted by molar-refractivity contribution is 7.80. The van der Waals surface area contributed by atoms with Gasteiger partial charge in [-0.2, -0.15) is 0 Å². The summed E-state index contributed by atoms with van der Waals surface area (Å²) < 4.78 is 0. The quantitative estimate of drug-likeness (QED) is 0.536. The van der Waals surface area contributed by atoms with Crippen molar-refractivity contribution in [1.82, 2.24) is 0 Å². The number of benzene rings is 1. The molecule has 0 aliphatic rings. The lowest BCUT2D eigenvalue weighted by Crippen LogP contribution is -1.85. The topological polar surface area (TPSA) is 12.0 Å². The maximum Gasteiger partial charge on any atom is 0.0625 e. The molecule has 0 aliphatic carbocycles. The van der Waals surface area contributed by atoms with E-state index >= 15 is 0 Å². The molecule has 1 rings (SSSR count). The molecule has 0 spiro atoms. The average molecular weight is 188 g/mol. The van der Waals surface area contributed by atoms with Gasteiger partial charge >= 0.3 is 0 Å². The van der Waals surface area contributed by atoms with Crippen molar-refractivity contribution in [2.24, 2.45) is 0 Å². The van der Waals surface area contributed by atoms with E-state index < -0.39 is 0 Å². The first-order valence-corrected chi connectivity index (χ1v) is 4.29. The normalized spacial score (nSPS) is 9.73. The molecule has 11 heavy (non-hydrogen) atoms. The average Bonchev–Trinajstić information content (AvgIpc) is 2.04. The monoisotopic (exact) mass is 187 g/mol. The Bertz CT molecular complexity index is 250. The third kappa shape index (κ3) is 2.04. The third-order valence-corrected chi connectivity index (χ3v) is 2.15. The van der Waals surface area contributed by atoms with Crippen LogP contribution in [0.1, 0.15) is 12.5 Å². The van der Waals surface area contributed by atoms with Crippen LogP contribution in [0.15, 0.2) is 23.1 Å². The van der Waals surface area contributed by atoms with Crippen LogP contribution in [0, 0.1) is 0 Å². The fraction of sp³-hybridized carbons (Fsp3) is 0.250. The largest absolute Gasteiger partial charge is 0.297 e. The minimum Gasteiger partial charge on any atom is -0.297 e. The highest BCUT2D eigenvalue weighted by Crippen LogP contribution is 2.21. The maximum absolute atomic E-state index is 5.43. The maximum atomic E-state index is 5.43. The second kappa shape index (κ2) is 3.88. The summed E-state index contributed by atoms with van der Waals surface area (Å²) in [4.78, 5) is 3.43. The molecular weight excluding hydrogens is 178 g/mol. The number of hydrogen-bond acceptors (Lipinski definition) is 2. The summed E-state index contributed by atoms with van der Waals surface area (Å²) in [5.41, 5.74) is 2.12. The summed E-state index contributed by atoms with van der Waals surface area (Å²) >= 11 is 9.68. The Morgan fingerprint density at radius 3 is 2.73 bits per heavy atom. The molecule has 3 heteroatoms. The number of aryl methyl sites for hydroxylation is 1. The Balaban J connectivity index is 2.99. The second-order valence-corrected chi connectivity index (χ2v) is 2.97. The van der Waals surface area contributed by atoms with Crippen LogP contribution in [0.4, 0.5) is 5.69 Å². The van der Waals surface area contributed by atoms with E-state index in [0.29, 0.717) is 0 Å². The predicted octanol–water partition coefficient (Wildman–Crippen LogP) is 3.10. The Kier molecular flexibility index (Phi) is 3.09. The third-order valence-electron chi connectivity index (χ3n) is 1.57. The zero-order valence-corrected chi connectivity index (χ0v) is 7.91. The van der Waals surface area contributed by atoms with Crippen LogP contribution in [0.25, 0.3) is 0 Å². The lowest BCUT2D eigenvalue weighted by Gasteiger charge is -2.03. The second-order valence-electron chi connectivity index (χ2n) is 2.30. The van der Waals surface area contributed by atoms with Crippen molar-refractivity contribution in [3.8, 4) is 0 Å². The first-order valence-electron chi connectivity index (χ1n) is 3.46. The zero-order valence-electron chi connectivity index (χ0n) is 6.26. The number of rotatable bonds is 2. The predicted molar refractivity (Wildman–Crippen MR) is 52.5 cm³/mol. The van der Waals surface area contributed by atoms with Gasteiger partial charge in [0.05, 0.1) is 5.69 Å². The summed E-state index contributed by atoms with van der Waals surface area (Å²) in [6.07, 6.45) is 1.02. The summed E-state index contributed by atoms with van der Waals surface area (Å²) in [5.74, 6) is 0. The van der Waals surface area contributed by atoms with Gasteiger partial charge < -0.3 is 0 Å². The smallest absolute Gasteiger partial charge is 0.0625 e. The van der Waals surface area contributed by atoms with Crippen LogP contribution in [-0.2, 0) is 6.42 Å². The molecule has 1 aromatic carbocycles. The molecule has 0 fully saturated rings. The molecule has 0 saturated carbocycles. The van der Waals surface area contributed by atoms with E-state index in [4.69, 9.17) is 11.8 Å². The van der Waals surface area contributed by atoms with Crippen LogP contribution >= 0.6 is 24.4 Å². The molecule has 0 unspecified atom stereocenters. The number of nitrogens with one attached hydrogen (secondary N) is 1. The first kappa shape index (κ1) is 8.75. The minimum absolute atomic E-state index is 0.854. The SMILES string of the molecule is CCc1ccc(NCl)c(S)c1. The van der Waals surface area contributed by atoms with Crippen molar-refractivity contribution in [2.45, 2.75) is 18.2 Å². The Morgan fingerprint density at radius 1 is 1.55 bits per heavy atom. The number of thiol groups is 1. The van der Waals surface area contributed by atoms with Gasteiger partial charge in [0, 0.05) is 16.7 Å². The molecule has 0 atom stereocenters. The molecule has 1 nitrogen and oxygen atoms in total. The molecule has 0 heterocycles. The Labute approximate surface area is 77.3 Å². The van der Waals surface area contributed by atoms with Crippen LogP contribution in [0.5, 0.6) is 0 Å². The van der Waals surface area contributed by atoms with Gasteiger partial charge in [0.25, 0.3) is 0 Å². The molecule has 0 saturated heterocycles. The number of hydrogen-bond donors (Lipinski definition) is 2. The van der Waals surface area contributed by atoms with E-state index in [1.807, 2.05) is 18.2 Å². The first-order chi connectivity index (χ1) is 5.27. The molecule has 0 aromatic heterocycles. The Hall–Kier alpha value is -0.340. The molecule has 0 radical (unpaired) electrons. The molecular formula is C8H10ClNS. The van der Waals surface area contributed by atoms with Gasteiger partial charge in [-0.15, -0.1) is 12.6 Å². The molecule has 0 amide bonds. The highest BCUT2D eigenvalue weighted by Gasteiger charge is 1.96. The zero-order chi connectivity index (χ0) is 8.27. The summed E-state index contributed by atoms with van der Waals surface area (Å²) in [7, 11) is 0. The van der Waals surface area contributed by atoms with Crippen LogP contribution < -0.4 is 4.84 Å². The minimum atomic E-state index is 0.854. The van der Waals surface area contributed by atoms with Gasteiger partial charge in [0.15, 0.2) is 0 Å². The summed E-state index contributed by atoms with van der Waals surface area (Å²) in [6, 6.07) is 5.96. The van der Waals surface area contributed by atoms with Gasteiger partial charge in [0.1, 0.15) is 0 Å². The van der Waals surface area contributed by atoms with Crippen molar-refractivity contribution in [1.29, 1.82) is 0 Å². The van der Waals surface area contributed by atoms with Gasteiger partial charge in [0.2, 0.25) is 0 Å². The molecule has 60 valence electrons. The van der Waals surface area contributed by atoms with E-state index in [1.165, 1.54) is 5.56 Å². The van der Waals surface area contributed by atoms with Gasteiger partial charge in [-0.1, -0.05) is 13.0 Å². The standard InChI is InChI=1S/C8H10ClNS/c1-2-6-3-4-7(10-9)8(11)5-6/h3-5,10-11H,2H2,1H3. The van der Waals surface area contributed by atoms with E-state index in [9.17, 15) is 0 Å². The molecule has 0 bridgehead atoms. The molecule has 1 N–H and O–H groups in total. The van der Waals surface area contributed by atoms with Crippen LogP contribution in [0.3, 0.4) is 0 Å². The number of anilines is 1. The van der Waals surface area contributed by atoms with E-state index in [-0.39, 0.29) is 0 Å².